The van der Waals surface area contributed by atoms with E-state index in [0.29, 0.717) is 36.9 Å². The molecule has 0 radical (unpaired) electrons. The number of nitrogens with one attached hydrogen (secondary N) is 2. The highest BCUT2D eigenvalue weighted by molar-refractivity contribution is 7.89. The SMILES string of the molecule is O=C(C[NH+]1CCN(S(=O)(=O)c2ccc(F)cc2)CC1)Nc1ccccc1Cl. The first-order chi connectivity index (χ1) is 12.9. The zero-order valence-corrected chi connectivity index (χ0v) is 16.1. The van der Waals surface area contributed by atoms with Gasteiger partial charge in [-0.25, -0.2) is 12.8 Å². The first kappa shape index (κ1) is 19.8. The van der Waals surface area contributed by atoms with E-state index in [2.05, 4.69) is 5.32 Å². The maximum Gasteiger partial charge on any atom is 0.279 e. The van der Waals surface area contributed by atoms with Crippen molar-refractivity contribution in [2.24, 2.45) is 0 Å². The molecule has 0 aliphatic carbocycles. The number of anilines is 1. The molecule has 0 atom stereocenters. The number of quaternary nitrogens is 1. The second-order valence-electron chi connectivity index (χ2n) is 6.31. The number of para-hydroxylation sites is 1. The lowest BCUT2D eigenvalue weighted by molar-refractivity contribution is -0.895. The largest absolute Gasteiger partial charge is 0.325 e. The van der Waals surface area contributed by atoms with E-state index in [0.717, 1.165) is 17.0 Å². The molecule has 3 rings (SSSR count). The number of carbonyl (C=O) groups is 1. The van der Waals surface area contributed by atoms with Crippen molar-refractivity contribution in [1.82, 2.24) is 4.31 Å². The van der Waals surface area contributed by atoms with Gasteiger partial charge in [0, 0.05) is 0 Å². The topological polar surface area (TPSA) is 70.9 Å². The minimum Gasteiger partial charge on any atom is -0.325 e. The maximum absolute atomic E-state index is 13.0. The van der Waals surface area contributed by atoms with E-state index in [4.69, 9.17) is 11.6 Å². The summed E-state index contributed by atoms with van der Waals surface area (Å²) < 4.78 is 39.6. The summed E-state index contributed by atoms with van der Waals surface area (Å²) in [6.45, 7) is 1.85. The van der Waals surface area contributed by atoms with Crippen LogP contribution in [0.25, 0.3) is 0 Å². The summed E-state index contributed by atoms with van der Waals surface area (Å²) in [5.41, 5.74) is 0.557. The van der Waals surface area contributed by atoms with Crippen molar-refractivity contribution in [2.75, 3.05) is 38.0 Å². The average Bonchev–Trinajstić information content (AvgIpc) is 2.64. The molecule has 1 aliphatic heterocycles. The number of nitrogens with zero attached hydrogens (tertiary/aromatic N) is 1. The number of sulfonamides is 1. The number of amides is 1. The summed E-state index contributed by atoms with van der Waals surface area (Å²) in [6, 6.07) is 11.8. The van der Waals surface area contributed by atoms with Crippen LogP contribution in [-0.4, -0.2) is 51.4 Å². The molecular formula is C18H20ClFN3O3S+. The van der Waals surface area contributed by atoms with Crippen LogP contribution in [0.3, 0.4) is 0 Å². The van der Waals surface area contributed by atoms with Gasteiger partial charge < -0.3 is 10.2 Å². The van der Waals surface area contributed by atoms with Gasteiger partial charge in [-0.2, -0.15) is 4.31 Å². The van der Waals surface area contributed by atoms with Gasteiger partial charge in [-0.1, -0.05) is 23.7 Å². The molecule has 2 aromatic carbocycles. The molecule has 0 aromatic heterocycles. The highest BCUT2D eigenvalue weighted by atomic mass is 35.5. The van der Waals surface area contributed by atoms with Gasteiger partial charge in [-0.3, -0.25) is 4.79 Å². The van der Waals surface area contributed by atoms with Gasteiger partial charge in [0.05, 0.1) is 41.8 Å². The molecule has 1 aliphatic rings. The third-order valence-electron chi connectivity index (χ3n) is 4.44. The Kier molecular flexibility index (Phi) is 6.11. The Hall–Kier alpha value is -2.00. The van der Waals surface area contributed by atoms with Crippen molar-refractivity contribution in [3.63, 3.8) is 0 Å². The van der Waals surface area contributed by atoms with Crippen LogP contribution < -0.4 is 10.2 Å². The van der Waals surface area contributed by atoms with Crippen molar-refractivity contribution in [3.05, 3.63) is 59.4 Å². The lowest BCUT2D eigenvalue weighted by atomic mass is 10.3. The highest BCUT2D eigenvalue weighted by Crippen LogP contribution is 2.20. The molecular weight excluding hydrogens is 393 g/mol. The number of carbonyl (C=O) groups excluding carboxylic acids is 1. The van der Waals surface area contributed by atoms with Crippen LogP contribution in [0.15, 0.2) is 53.4 Å². The minimum atomic E-state index is -3.65. The van der Waals surface area contributed by atoms with E-state index in [1.807, 2.05) is 0 Å². The predicted molar refractivity (Wildman–Crippen MR) is 101 cm³/mol. The second kappa shape index (κ2) is 8.35. The normalized spacial score (nSPS) is 16.2. The van der Waals surface area contributed by atoms with Crippen molar-refractivity contribution in [3.8, 4) is 0 Å². The van der Waals surface area contributed by atoms with E-state index in [1.54, 1.807) is 24.3 Å². The molecule has 0 unspecified atom stereocenters. The van der Waals surface area contributed by atoms with Crippen LogP contribution in [-0.2, 0) is 14.8 Å². The van der Waals surface area contributed by atoms with Gasteiger partial charge in [-0.15, -0.1) is 0 Å². The fourth-order valence-corrected chi connectivity index (χ4v) is 4.58. The van der Waals surface area contributed by atoms with E-state index in [1.165, 1.54) is 16.4 Å². The monoisotopic (exact) mass is 412 g/mol. The molecule has 27 heavy (non-hydrogen) atoms. The Bertz CT molecular complexity index is 914. The Labute approximate surface area is 162 Å². The van der Waals surface area contributed by atoms with Crippen LogP contribution in [0, 0.1) is 5.82 Å². The zero-order valence-electron chi connectivity index (χ0n) is 14.5. The number of piperazine rings is 1. The summed E-state index contributed by atoms with van der Waals surface area (Å²) in [4.78, 5) is 13.3. The molecule has 0 bridgehead atoms. The van der Waals surface area contributed by atoms with E-state index < -0.39 is 15.8 Å². The van der Waals surface area contributed by atoms with Crippen molar-refractivity contribution < 1.29 is 22.5 Å². The highest BCUT2D eigenvalue weighted by Gasteiger charge is 2.31. The number of hydrogen-bond donors (Lipinski definition) is 2. The Morgan fingerprint density at radius 2 is 1.74 bits per heavy atom. The van der Waals surface area contributed by atoms with Gasteiger partial charge in [0.1, 0.15) is 5.82 Å². The van der Waals surface area contributed by atoms with Gasteiger partial charge in [-0.05, 0) is 36.4 Å². The van der Waals surface area contributed by atoms with Crippen LogP contribution in [0.2, 0.25) is 5.02 Å². The van der Waals surface area contributed by atoms with E-state index in [9.17, 15) is 17.6 Å². The third kappa shape index (κ3) is 4.84. The molecule has 0 spiro atoms. The fraction of sp³-hybridized carbons (Fsp3) is 0.278. The zero-order chi connectivity index (χ0) is 19.4. The quantitative estimate of drug-likeness (QED) is 0.770. The van der Waals surface area contributed by atoms with Crippen LogP contribution in [0.4, 0.5) is 10.1 Å². The van der Waals surface area contributed by atoms with Crippen molar-refractivity contribution >= 4 is 33.2 Å². The smallest absolute Gasteiger partial charge is 0.279 e. The third-order valence-corrected chi connectivity index (χ3v) is 6.68. The van der Waals surface area contributed by atoms with E-state index >= 15 is 0 Å². The summed E-state index contributed by atoms with van der Waals surface area (Å²) in [6.07, 6.45) is 0. The van der Waals surface area contributed by atoms with Crippen LogP contribution >= 0.6 is 11.6 Å². The van der Waals surface area contributed by atoms with Crippen LogP contribution in [0.1, 0.15) is 0 Å². The summed E-state index contributed by atoms with van der Waals surface area (Å²) in [7, 11) is -3.65. The van der Waals surface area contributed by atoms with Crippen molar-refractivity contribution in [2.45, 2.75) is 4.90 Å². The standard InChI is InChI=1S/C18H19ClFN3O3S/c19-16-3-1-2-4-17(16)21-18(24)13-22-9-11-23(12-10-22)27(25,26)15-7-5-14(20)6-8-15/h1-8H,9-13H2,(H,21,24)/p+1. The van der Waals surface area contributed by atoms with Gasteiger partial charge in [0.15, 0.2) is 6.54 Å². The van der Waals surface area contributed by atoms with Crippen molar-refractivity contribution in [1.29, 1.82) is 0 Å². The summed E-state index contributed by atoms with van der Waals surface area (Å²) in [5.74, 6) is -0.652. The summed E-state index contributed by atoms with van der Waals surface area (Å²) in [5, 5.41) is 3.24. The molecule has 0 saturated carbocycles. The first-order valence-electron chi connectivity index (χ1n) is 8.50. The lowest BCUT2D eigenvalue weighted by Gasteiger charge is -2.31. The maximum atomic E-state index is 13.0. The van der Waals surface area contributed by atoms with E-state index in [-0.39, 0.29) is 17.3 Å². The molecule has 144 valence electrons. The minimum absolute atomic E-state index is 0.0730. The Balaban J connectivity index is 1.55. The Morgan fingerprint density at radius 3 is 2.37 bits per heavy atom. The number of halogens is 2. The molecule has 1 saturated heterocycles. The number of rotatable bonds is 5. The summed E-state index contributed by atoms with van der Waals surface area (Å²) >= 11 is 6.03. The van der Waals surface area contributed by atoms with Crippen LogP contribution in [0.5, 0.6) is 0 Å². The second-order valence-corrected chi connectivity index (χ2v) is 8.66. The molecule has 1 fully saturated rings. The predicted octanol–water partition coefficient (Wildman–Crippen LogP) is 1.01. The molecule has 2 N–H and O–H groups in total. The molecule has 2 aromatic rings. The average molecular weight is 413 g/mol. The lowest BCUT2D eigenvalue weighted by Crippen LogP contribution is -3.15. The fourth-order valence-electron chi connectivity index (χ4n) is 2.96. The van der Waals surface area contributed by atoms with Gasteiger partial charge in [0.2, 0.25) is 10.0 Å². The van der Waals surface area contributed by atoms with Gasteiger partial charge >= 0.3 is 0 Å². The Morgan fingerprint density at radius 1 is 1.11 bits per heavy atom. The molecule has 1 amide bonds. The van der Waals surface area contributed by atoms with Gasteiger partial charge in [0.25, 0.3) is 5.91 Å². The molecule has 6 nitrogen and oxygen atoms in total. The molecule has 9 heteroatoms. The molecule has 1 heterocycles. The number of benzene rings is 2. The number of hydrogen-bond acceptors (Lipinski definition) is 3. The first-order valence-corrected chi connectivity index (χ1v) is 10.3.